The number of rotatable bonds is 9. The van der Waals surface area contributed by atoms with Crippen molar-refractivity contribution in [2.75, 3.05) is 46.0 Å². The standard InChI is InChI=1S/C19H30F2N4O2.HI/c1-3-22-19(23-12-15(2)25-7-9-26-10-8-25)24-13-16-5-4-6-17(11-16)27-14-18(20)21;/h4-6,11,15,18H,3,7-10,12-14H2,1-2H3,(H2,22,23,24);1H. The first-order chi connectivity index (χ1) is 13.1. The number of alkyl halides is 2. The van der Waals surface area contributed by atoms with Gasteiger partial charge in [0, 0.05) is 32.2 Å². The zero-order valence-electron chi connectivity index (χ0n) is 16.5. The van der Waals surface area contributed by atoms with Gasteiger partial charge < -0.3 is 20.1 Å². The summed E-state index contributed by atoms with van der Waals surface area (Å²) in [6.07, 6.45) is -2.48. The van der Waals surface area contributed by atoms with E-state index in [9.17, 15) is 8.78 Å². The van der Waals surface area contributed by atoms with Gasteiger partial charge in [0.15, 0.2) is 5.96 Å². The highest BCUT2D eigenvalue weighted by molar-refractivity contribution is 14.0. The lowest BCUT2D eigenvalue weighted by atomic mass is 10.2. The number of benzene rings is 1. The van der Waals surface area contributed by atoms with E-state index in [1.54, 1.807) is 18.2 Å². The lowest BCUT2D eigenvalue weighted by Crippen LogP contribution is -2.49. The maximum Gasteiger partial charge on any atom is 0.272 e. The Labute approximate surface area is 183 Å². The van der Waals surface area contributed by atoms with Gasteiger partial charge in [-0.05, 0) is 31.5 Å². The minimum absolute atomic E-state index is 0. The van der Waals surface area contributed by atoms with Crippen molar-refractivity contribution in [2.24, 2.45) is 4.99 Å². The second-order valence-electron chi connectivity index (χ2n) is 6.42. The first kappa shape index (κ1) is 24.8. The van der Waals surface area contributed by atoms with Gasteiger partial charge in [0.2, 0.25) is 0 Å². The molecule has 0 radical (unpaired) electrons. The minimum atomic E-state index is -2.48. The van der Waals surface area contributed by atoms with Gasteiger partial charge in [-0.2, -0.15) is 0 Å². The molecule has 160 valence electrons. The topological polar surface area (TPSA) is 58.1 Å². The molecule has 1 aromatic carbocycles. The summed E-state index contributed by atoms with van der Waals surface area (Å²) in [7, 11) is 0. The number of nitrogens with zero attached hydrogens (tertiary/aromatic N) is 2. The van der Waals surface area contributed by atoms with Crippen LogP contribution in [0.3, 0.4) is 0 Å². The van der Waals surface area contributed by atoms with Crippen LogP contribution in [0.15, 0.2) is 29.3 Å². The van der Waals surface area contributed by atoms with Crippen LogP contribution >= 0.6 is 24.0 Å². The Morgan fingerprint density at radius 1 is 1.29 bits per heavy atom. The fraction of sp³-hybridized carbons (Fsp3) is 0.632. The van der Waals surface area contributed by atoms with Crippen LogP contribution in [0, 0.1) is 0 Å². The molecular formula is C19H31F2IN4O2. The molecule has 28 heavy (non-hydrogen) atoms. The number of ether oxygens (including phenoxy) is 2. The minimum Gasteiger partial charge on any atom is -0.488 e. The van der Waals surface area contributed by atoms with Crippen molar-refractivity contribution < 1.29 is 18.3 Å². The lowest BCUT2D eigenvalue weighted by molar-refractivity contribution is 0.0211. The Bertz CT molecular complexity index is 587. The van der Waals surface area contributed by atoms with Crippen LogP contribution in [0.2, 0.25) is 0 Å². The Hall–Kier alpha value is -1.20. The number of hydrogen-bond donors (Lipinski definition) is 2. The van der Waals surface area contributed by atoms with Crippen LogP contribution in [0.1, 0.15) is 19.4 Å². The van der Waals surface area contributed by atoms with E-state index in [0.717, 1.165) is 50.9 Å². The molecule has 2 N–H and O–H groups in total. The zero-order valence-corrected chi connectivity index (χ0v) is 18.8. The van der Waals surface area contributed by atoms with E-state index in [4.69, 9.17) is 9.47 Å². The maximum absolute atomic E-state index is 12.3. The first-order valence-electron chi connectivity index (χ1n) is 9.42. The molecule has 1 fully saturated rings. The van der Waals surface area contributed by atoms with E-state index < -0.39 is 13.0 Å². The Kier molecular flexibility index (Phi) is 12.3. The number of morpholine rings is 1. The largest absolute Gasteiger partial charge is 0.488 e. The molecule has 0 saturated carbocycles. The molecule has 2 rings (SSSR count). The summed E-state index contributed by atoms with van der Waals surface area (Å²) in [6, 6.07) is 7.48. The smallest absolute Gasteiger partial charge is 0.272 e. The summed E-state index contributed by atoms with van der Waals surface area (Å²) in [6.45, 7) is 9.03. The normalized spacial score (nSPS) is 16.4. The molecule has 6 nitrogen and oxygen atoms in total. The predicted octanol–water partition coefficient (Wildman–Crippen LogP) is 2.72. The summed E-state index contributed by atoms with van der Waals surface area (Å²) in [4.78, 5) is 6.98. The second-order valence-corrected chi connectivity index (χ2v) is 6.42. The Balaban J connectivity index is 0.00000392. The van der Waals surface area contributed by atoms with Crippen molar-refractivity contribution in [3.05, 3.63) is 29.8 Å². The highest BCUT2D eigenvalue weighted by Gasteiger charge is 2.17. The third kappa shape index (κ3) is 9.33. The molecule has 9 heteroatoms. The molecule has 0 aromatic heterocycles. The van der Waals surface area contributed by atoms with Crippen LogP contribution in [0.4, 0.5) is 8.78 Å². The van der Waals surface area contributed by atoms with Gasteiger partial charge in [0.05, 0.1) is 19.8 Å². The number of hydrogen-bond acceptors (Lipinski definition) is 4. The Morgan fingerprint density at radius 2 is 2.04 bits per heavy atom. The highest BCUT2D eigenvalue weighted by atomic mass is 127. The monoisotopic (exact) mass is 512 g/mol. The fourth-order valence-corrected chi connectivity index (χ4v) is 2.80. The third-order valence-corrected chi connectivity index (χ3v) is 4.27. The number of nitrogens with one attached hydrogen (secondary N) is 2. The van der Waals surface area contributed by atoms with E-state index in [1.807, 2.05) is 13.0 Å². The van der Waals surface area contributed by atoms with Crippen molar-refractivity contribution in [3.8, 4) is 5.75 Å². The molecule has 0 aliphatic carbocycles. The van der Waals surface area contributed by atoms with Crippen molar-refractivity contribution in [2.45, 2.75) is 32.9 Å². The fourth-order valence-electron chi connectivity index (χ4n) is 2.80. The average Bonchev–Trinajstić information content (AvgIpc) is 2.69. The van der Waals surface area contributed by atoms with E-state index in [2.05, 4.69) is 27.4 Å². The van der Waals surface area contributed by atoms with E-state index in [0.29, 0.717) is 18.3 Å². The van der Waals surface area contributed by atoms with Crippen LogP contribution in [0.25, 0.3) is 0 Å². The Morgan fingerprint density at radius 3 is 2.71 bits per heavy atom. The van der Waals surface area contributed by atoms with Gasteiger partial charge in [-0.3, -0.25) is 4.90 Å². The molecule has 1 saturated heterocycles. The molecule has 1 aliphatic heterocycles. The van der Waals surface area contributed by atoms with Crippen LogP contribution in [-0.2, 0) is 11.3 Å². The van der Waals surface area contributed by atoms with E-state index in [-0.39, 0.29) is 24.0 Å². The molecule has 0 amide bonds. The van der Waals surface area contributed by atoms with Gasteiger partial charge in [0.25, 0.3) is 6.43 Å². The number of aliphatic imine (C=N–C) groups is 1. The van der Waals surface area contributed by atoms with Crippen molar-refractivity contribution in [1.82, 2.24) is 15.5 Å². The number of halogens is 3. The third-order valence-electron chi connectivity index (χ3n) is 4.27. The van der Waals surface area contributed by atoms with E-state index in [1.165, 1.54) is 0 Å². The summed E-state index contributed by atoms with van der Waals surface area (Å²) >= 11 is 0. The van der Waals surface area contributed by atoms with Gasteiger partial charge in [-0.1, -0.05) is 12.1 Å². The van der Waals surface area contributed by atoms with Gasteiger partial charge >= 0.3 is 0 Å². The lowest BCUT2D eigenvalue weighted by Gasteiger charge is -2.32. The molecular weight excluding hydrogens is 481 g/mol. The summed E-state index contributed by atoms with van der Waals surface area (Å²) in [5.41, 5.74) is 0.903. The molecule has 1 atom stereocenters. The van der Waals surface area contributed by atoms with Crippen molar-refractivity contribution >= 4 is 29.9 Å². The summed E-state index contributed by atoms with van der Waals surface area (Å²) in [5, 5.41) is 6.60. The summed E-state index contributed by atoms with van der Waals surface area (Å²) < 4.78 is 35.0. The average molecular weight is 512 g/mol. The van der Waals surface area contributed by atoms with Gasteiger partial charge in [0.1, 0.15) is 12.4 Å². The first-order valence-corrected chi connectivity index (χ1v) is 9.42. The zero-order chi connectivity index (χ0) is 19.5. The maximum atomic E-state index is 12.3. The second kappa shape index (κ2) is 13.9. The summed E-state index contributed by atoms with van der Waals surface area (Å²) in [5.74, 6) is 1.17. The molecule has 0 spiro atoms. The van der Waals surface area contributed by atoms with Crippen LogP contribution < -0.4 is 15.4 Å². The van der Waals surface area contributed by atoms with E-state index >= 15 is 0 Å². The quantitative estimate of drug-likeness (QED) is 0.303. The molecule has 1 heterocycles. The van der Waals surface area contributed by atoms with Gasteiger partial charge in [-0.15, -0.1) is 24.0 Å². The van der Waals surface area contributed by atoms with Crippen molar-refractivity contribution in [1.29, 1.82) is 0 Å². The molecule has 1 aliphatic rings. The highest BCUT2D eigenvalue weighted by Crippen LogP contribution is 2.15. The van der Waals surface area contributed by atoms with Gasteiger partial charge in [-0.25, -0.2) is 13.8 Å². The van der Waals surface area contributed by atoms with Crippen LogP contribution in [-0.4, -0.2) is 69.3 Å². The van der Waals surface area contributed by atoms with Crippen LogP contribution in [0.5, 0.6) is 5.75 Å². The SMILES string of the molecule is CCNC(=NCc1cccc(OCC(F)F)c1)NCC(C)N1CCOCC1.I. The molecule has 1 aromatic rings. The number of guanidine groups is 1. The van der Waals surface area contributed by atoms with Crippen molar-refractivity contribution in [3.63, 3.8) is 0 Å². The predicted molar refractivity (Wildman–Crippen MR) is 118 cm³/mol. The molecule has 0 bridgehead atoms. The molecule has 1 unspecified atom stereocenters.